The SMILES string of the molecule is CC(C)C(CNC(=O)C(C)(N)C1CC1)N(C)C. The third kappa shape index (κ3) is 3.68. The normalized spacial score (nSPS) is 21.4. The van der Waals surface area contributed by atoms with E-state index in [0.29, 0.717) is 24.4 Å². The minimum atomic E-state index is -0.687. The second-order valence-electron chi connectivity index (χ2n) is 6.04. The van der Waals surface area contributed by atoms with Gasteiger partial charge in [-0.25, -0.2) is 0 Å². The first-order chi connectivity index (χ1) is 7.76. The summed E-state index contributed by atoms with van der Waals surface area (Å²) >= 11 is 0. The van der Waals surface area contributed by atoms with Crippen LogP contribution in [0.4, 0.5) is 0 Å². The van der Waals surface area contributed by atoms with E-state index in [1.807, 2.05) is 21.0 Å². The van der Waals surface area contributed by atoms with Crippen LogP contribution in [0.1, 0.15) is 33.6 Å². The number of hydrogen-bond acceptors (Lipinski definition) is 3. The van der Waals surface area contributed by atoms with Gasteiger partial charge in [0.05, 0.1) is 5.54 Å². The Hall–Kier alpha value is -0.610. The molecule has 0 aromatic heterocycles. The van der Waals surface area contributed by atoms with Crippen LogP contribution in [-0.2, 0) is 4.79 Å². The largest absolute Gasteiger partial charge is 0.353 e. The van der Waals surface area contributed by atoms with Crippen LogP contribution >= 0.6 is 0 Å². The number of rotatable bonds is 6. The van der Waals surface area contributed by atoms with Crippen LogP contribution in [0.25, 0.3) is 0 Å². The quantitative estimate of drug-likeness (QED) is 0.724. The summed E-state index contributed by atoms with van der Waals surface area (Å²) in [5.41, 5.74) is 5.39. The van der Waals surface area contributed by atoms with Crippen LogP contribution in [0.15, 0.2) is 0 Å². The lowest BCUT2D eigenvalue weighted by Gasteiger charge is -2.30. The van der Waals surface area contributed by atoms with Crippen molar-refractivity contribution < 1.29 is 4.79 Å². The lowest BCUT2D eigenvalue weighted by molar-refractivity contribution is -0.126. The number of nitrogens with two attached hydrogens (primary N) is 1. The van der Waals surface area contributed by atoms with E-state index in [2.05, 4.69) is 24.1 Å². The van der Waals surface area contributed by atoms with Crippen molar-refractivity contribution in [1.29, 1.82) is 0 Å². The van der Waals surface area contributed by atoms with Crippen molar-refractivity contribution in [2.45, 2.75) is 45.2 Å². The second kappa shape index (κ2) is 5.36. The molecule has 1 aliphatic carbocycles. The van der Waals surface area contributed by atoms with Crippen molar-refractivity contribution in [2.24, 2.45) is 17.6 Å². The van der Waals surface area contributed by atoms with Gasteiger partial charge >= 0.3 is 0 Å². The summed E-state index contributed by atoms with van der Waals surface area (Å²) in [7, 11) is 4.08. The lowest BCUT2D eigenvalue weighted by atomic mass is 9.95. The summed E-state index contributed by atoms with van der Waals surface area (Å²) in [6.45, 7) is 6.85. The molecule has 1 aliphatic rings. The molecule has 1 saturated carbocycles. The van der Waals surface area contributed by atoms with Crippen LogP contribution in [0, 0.1) is 11.8 Å². The van der Waals surface area contributed by atoms with Crippen molar-refractivity contribution in [3.63, 3.8) is 0 Å². The van der Waals surface area contributed by atoms with Gasteiger partial charge in [0.15, 0.2) is 0 Å². The average Bonchev–Trinajstić information content (AvgIpc) is 2.99. The zero-order valence-corrected chi connectivity index (χ0v) is 11.8. The maximum absolute atomic E-state index is 12.0. The highest BCUT2D eigenvalue weighted by Gasteiger charge is 2.44. The van der Waals surface area contributed by atoms with Crippen molar-refractivity contribution >= 4 is 5.91 Å². The minimum Gasteiger partial charge on any atom is -0.353 e. The van der Waals surface area contributed by atoms with Crippen molar-refractivity contribution in [3.05, 3.63) is 0 Å². The number of hydrogen-bond donors (Lipinski definition) is 2. The van der Waals surface area contributed by atoms with E-state index in [9.17, 15) is 4.79 Å². The molecule has 0 bridgehead atoms. The Balaban J connectivity index is 2.46. The van der Waals surface area contributed by atoms with Gasteiger partial charge in [0.25, 0.3) is 0 Å². The number of nitrogens with one attached hydrogen (secondary N) is 1. The number of nitrogens with zero attached hydrogens (tertiary/aromatic N) is 1. The first-order valence-electron chi connectivity index (χ1n) is 6.50. The fourth-order valence-electron chi connectivity index (χ4n) is 2.27. The molecule has 0 aromatic rings. The zero-order valence-electron chi connectivity index (χ0n) is 11.8. The Morgan fingerprint density at radius 1 is 1.47 bits per heavy atom. The number of amides is 1. The molecule has 0 aromatic carbocycles. The molecule has 17 heavy (non-hydrogen) atoms. The third-order valence-corrected chi connectivity index (χ3v) is 3.82. The lowest BCUT2D eigenvalue weighted by Crippen LogP contribution is -2.56. The predicted octanol–water partition coefficient (Wildman–Crippen LogP) is 0.816. The standard InChI is InChI=1S/C13H27N3O/c1-9(2)11(16(4)5)8-15-12(17)13(3,14)10-6-7-10/h9-11H,6-8,14H2,1-5H3,(H,15,17). The summed E-state index contributed by atoms with van der Waals surface area (Å²) in [6, 6.07) is 0.356. The summed E-state index contributed by atoms with van der Waals surface area (Å²) in [5.74, 6) is 0.877. The molecule has 0 saturated heterocycles. The maximum atomic E-state index is 12.0. The average molecular weight is 241 g/mol. The van der Waals surface area contributed by atoms with E-state index in [0.717, 1.165) is 12.8 Å². The number of carbonyl (C=O) groups excluding carboxylic acids is 1. The van der Waals surface area contributed by atoms with Gasteiger partial charge in [-0.1, -0.05) is 13.8 Å². The van der Waals surface area contributed by atoms with E-state index in [1.165, 1.54) is 0 Å². The Bertz CT molecular complexity index is 262. The van der Waals surface area contributed by atoms with Crippen LogP contribution in [-0.4, -0.2) is 43.0 Å². The fourth-order valence-corrected chi connectivity index (χ4v) is 2.27. The summed E-state index contributed by atoms with van der Waals surface area (Å²) < 4.78 is 0. The van der Waals surface area contributed by atoms with Crippen LogP contribution in [0.2, 0.25) is 0 Å². The molecule has 4 heteroatoms. The second-order valence-corrected chi connectivity index (χ2v) is 6.04. The molecule has 0 aliphatic heterocycles. The molecule has 0 radical (unpaired) electrons. The molecule has 1 rings (SSSR count). The van der Waals surface area contributed by atoms with E-state index in [-0.39, 0.29) is 5.91 Å². The highest BCUT2D eigenvalue weighted by molar-refractivity contribution is 5.86. The fraction of sp³-hybridized carbons (Fsp3) is 0.923. The summed E-state index contributed by atoms with van der Waals surface area (Å²) in [6.07, 6.45) is 2.17. The first-order valence-corrected chi connectivity index (χ1v) is 6.50. The predicted molar refractivity (Wildman–Crippen MR) is 70.6 cm³/mol. The molecule has 4 nitrogen and oxygen atoms in total. The Morgan fingerprint density at radius 2 is 2.00 bits per heavy atom. The van der Waals surface area contributed by atoms with E-state index in [4.69, 9.17) is 5.73 Å². The molecular formula is C13H27N3O. The molecule has 100 valence electrons. The summed E-state index contributed by atoms with van der Waals surface area (Å²) in [4.78, 5) is 14.2. The molecule has 1 amide bonds. The van der Waals surface area contributed by atoms with Gasteiger partial charge in [-0.05, 0) is 45.7 Å². The van der Waals surface area contributed by atoms with Gasteiger partial charge in [-0.15, -0.1) is 0 Å². The number of carbonyl (C=O) groups is 1. The van der Waals surface area contributed by atoms with Gasteiger partial charge < -0.3 is 16.0 Å². The van der Waals surface area contributed by atoms with Crippen LogP contribution in [0.5, 0.6) is 0 Å². The summed E-state index contributed by atoms with van der Waals surface area (Å²) in [5, 5.41) is 3.00. The van der Waals surface area contributed by atoms with E-state index < -0.39 is 5.54 Å². The van der Waals surface area contributed by atoms with Gasteiger partial charge in [0, 0.05) is 12.6 Å². The van der Waals surface area contributed by atoms with Gasteiger partial charge in [-0.3, -0.25) is 4.79 Å². The molecule has 1 fully saturated rings. The molecule has 3 N–H and O–H groups in total. The Labute approximate surface area is 105 Å². The highest BCUT2D eigenvalue weighted by atomic mass is 16.2. The Morgan fingerprint density at radius 3 is 2.35 bits per heavy atom. The molecule has 0 spiro atoms. The molecule has 0 heterocycles. The molecule has 2 unspecified atom stereocenters. The van der Waals surface area contributed by atoms with Crippen molar-refractivity contribution in [2.75, 3.05) is 20.6 Å². The highest BCUT2D eigenvalue weighted by Crippen LogP contribution is 2.38. The van der Waals surface area contributed by atoms with Crippen molar-refractivity contribution in [1.82, 2.24) is 10.2 Å². The maximum Gasteiger partial charge on any atom is 0.240 e. The van der Waals surface area contributed by atoms with E-state index >= 15 is 0 Å². The van der Waals surface area contributed by atoms with Gasteiger partial charge in [0.1, 0.15) is 0 Å². The smallest absolute Gasteiger partial charge is 0.240 e. The molecular weight excluding hydrogens is 214 g/mol. The van der Waals surface area contributed by atoms with Crippen LogP contribution < -0.4 is 11.1 Å². The van der Waals surface area contributed by atoms with Gasteiger partial charge in [0.2, 0.25) is 5.91 Å². The minimum absolute atomic E-state index is 0.00694. The monoisotopic (exact) mass is 241 g/mol. The first kappa shape index (κ1) is 14.5. The third-order valence-electron chi connectivity index (χ3n) is 3.82. The van der Waals surface area contributed by atoms with E-state index in [1.54, 1.807) is 0 Å². The van der Waals surface area contributed by atoms with Gasteiger partial charge in [-0.2, -0.15) is 0 Å². The van der Waals surface area contributed by atoms with Crippen molar-refractivity contribution in [3.8, 4) is 0 Å². The number of likely N-dealkylation sites (N-methyl/N-ethyl adjacent to an activating group) is 1. The van der Waals surface area contributed by atoms with Crippen LogP contribution in [0.3, 0.4) is 0 Å². The topological polar surface area (TPSA) is 58.4 Å². The zero-order chi connectivity index (χ0) is 13.2. The Kier molecular flexibility index (Phi) is 4.55. The molecule has 2 atom stereocenters.